The third-order valence-corrected chi connectivity index (χ3v) is 4.34. The smallest absolute Gasteiger partial charge is 0.142 e. The number of thiophene rings is 1. The molecule has 2 aromatic rings. The van der Waals surface area contributed by atoms with Gasteiger partial charge in [0, 0.05) is 35.4 Å². The van der Waals surface area contributed by atoms with E-state index in [1.807, 2.05) is 36.4 Å². The first kappa shape index (κ1) is 12.3. The van der Waals surface area contributed by atoms with Crippen LogP contribution in [0.5, 0.6) is 0 Å². The van der Waals surface area contributed by atoms with Gasteiger partial charge in [-0.3, -0.25) is 9.59 Å². The molecule has 0 saturated heterocycles. The standard InChI is InChI=1S/C16H14O2S/c17-13-7-11-2-1-3-12(6-11)8-14(18)10-16-5-4-15(9-13)19-16/h1-6H,7-10H2. The third-order valence-electron chi connectivity index (χ3n) is 3.25. The topological polar surface area (TPSA) is 34.1 Å². The highest BCUT2D eigenvalue weighted by Crippen LogP contribution is 2.20. The predicted molar refractivity (Wildman–Crippen MR) is 75.6 cm³/mol. The number of hydrogen-bond acceptors (Lipinski definition) is 3. The van der Waals surface area contributed by atoms with Gasteiger partial charge in [0.25, 0.3) is 0 Å². The largest absolute Gasteiger partial charge is 0.299 e. The maximum Gasteiger partial charge on any atom is 0.142 e. The average molecular weight is 270 g/mol. The number of hydrogen-bond donors (Lipinski definition) is 0. The lowest BCUT2D eigenvalue weighted by Crippen LogP contribution is -2.08. The van der Waals surface area contributed by atoms with Crippen molar-refractivity contribution in [3.63, 3.8) is 0 Å². The third kappa shape index (κ3) is 2.99. The molecule has 3 heteroatoms. The molecule has 1 aliphatic rings. The number of Topliss-reactive ketones (excluding diaryl/α,β-unsaturated/α-hetero) is 2. The molecular weight excluding hydrogens is 256 g/mol. The fourth-order valence-electron chi connectivity index (χ4n) is 2.43. The Morgan fingerprint density at radius 3 is 1.79 bits per heavy atom. The van der Waals surface area contributed by atoms with Crippen LogP contribution in [0.15, 0.2) is 36.4 Å². The van der Waals surface area contributed by atoms with Crippen molar-refractivity contribution in [2.45, 2.75) is 25.7 Å². The van der Waals surface area contributed by atoms with Gasteiger partial charge in [-0.1, -0.05) is 24.3 Å². The summed E-state index contributed by atoms with van der Waals surface area (Å²) in [5.74, 6) is 0.468. The summed E-state index contributed by atoms with van der Waals surface area (Å²) in [4.78, 5) is 26.1. The highest BCUT2D eigenvalue weighted by Gasteiger charge is 2.13. The van der Waals surface area contributed by atoms with Crippen LogP contribution in [-0.4, -0.2) is 11.6 Å². The van der Waals surface area contributed by atoms with E-state index in [1.54, 1.807) is 11.3 Å². The molecule has 2 nitrogen and oxygen atoms in total. The van der Waals surface area contributed by atoms with Crippen molar-refractivity contribution in [1.82, 2.24) is 0 Å². The summed E-state index contributed by atoms with van der Waals surface area (Å²) >= 11 is 1.58. The van der Waals surface area contributed by atoms with Crippen LogP contribution in [-0.2, 0) is 35.3 Å². The molecule has 3 rings (SSSR count). The van der Waals surface area contributed by atoms with Crippen molar-refractivity contribution < 1.29 is 9.59 Å². The molecule has 19 heavy (non-hydrogen) atoms. The number of fused-ring (bicyclic) bond motifs is 4. The lowest BCUT2D eigenvalue weighted by atomic mass is 10.0. The van der Waals surface area contributed by atoms with Crippen molar-refractivity contribution in [2.75, 3.05) is 0 Å². The van der Waals surface area contributed by atoms with Crippen LogP contribution in [0.2, 0.25) is 0 Å². The summed E-state index contributed by atoms with van der Waals surface area (Å²) in [6.07, 6.45) is 1.86. The molecule has 0 atom stereocenters. The molecule has 1 aromatic carbocycles. The summed E-state index contributed by atoms with van der Waals surface area (Å²) in [6, 6.07) is 11.8. The zero-order chi connectivity index (χ0) is 13.2. The number of carbonyl (C=O) groups is 2. The van der Waals surface area contributed by atoms with Crippen molar-refractivity contribution >= 4 is 22.9 Å². The second kappa shape index (κ2) is 5.10. The fraction of sp³-hybridized carbons (Fsp3) is 0.250. The zero-order valence-corrected chi connectivity index (χ0v) is 11.3. The Kier molecular flexibility index (Phi) is 3.30. The van der Waals surface area contributed by atoms with Gasteiger partial charge in [0.05, 0.1) is 0 Å². The van der Waals surface area contributed by atoms with Gasteiger partial charge in [-0.15, -0.1) is 11.3 Å². The Morgan fingerprint density at radius 2 is 1.26 bits per heavy atom. The Bertz CT molecular complexity index is 590. The monoisotopic (exact) mass is 270 g/mol. The summed E-state index contributed by atoms with van der Waals surface area (Å²) in [7, 11) is 0. The molecular formula is C16H14O2S. The Balaban J connectivity index is 1.95. The molecule has 1 aromatic heterocycles. The highest BCUT2D eigenvalue weighted by molar-refractivity contribution is 7.12. The summed E-state index contributed by atoms with van der Waals surface area (Å²) in [5.41, 5.74) is 2.01. The normalized spacial score (nSPS) is 15.8. The van der Waals surface area contributed by atoms with E-state index in [2.05, 4.69) is 0 Å². The molecule has 0 unspecified atom stereocenters. The molecule has 1 aliphatic heterocycles. The van der Waals surface area contributed by atoms with Crippen LogP contribution in [0.3, 0.4) is 0 Å². The molecule has 0 saturated carbocycles. The van der Waals surface area contributed by atoms with Crippen LogP contribution >= 0.6 is 11.3 Å². The Labute approximate surface area is 116 Å². The molecule has 96 valence electrons. The maximum atomic E-state index is 12.0. The van der Waals surface area contributed by atoms with Gasteiger partial charge in [-0.2, -0.15) is 0 Å². The molecule has 2 heterocycles. The van der Waals surface area contributed by atoms with Crippen LogP contribution in [0.25, 0.3) is 0 Å². The summed E-state index contributed by atoms with van der Waals surface area (Å²) in [6.45, 7) is 0. The van der Waals surface area contributed by atoms with Gasteiger partial charge in [-0.05, 0) is 23.3 Å². The molecule has 0 N–H and O–H groups in total. The van der Waals surface area contributed by atoms with Crippen molar-refractivity contribution in [1.29, 1.82) is 0 Å². The lowest BCUT2D eigenvalue weighted by Gasteiger charge is -2.06. The first-order chi connectivity index (χ1) is 9.19. The lowest BCUT2D eigenvalue weighted by molar-refractivity contribution is -0.118. The van der Waals surface area contributed by atoms with E-state index in [-0.39, 0.29) is 11.6 Å². The molecule has 4 bridgehead atoms. The minimum Gasteiger partial charge on any atom is -0.299 e. The van der Waals surface area contributed by atoms with Crippen LogP contribution in [0.4, 0.5) is 0 Å². The zero-order valence-electron chi connectivity index (χ0n) is 10.5. The van der Waals surface area contributed by atoms with E-state index in [1.165, 1.54) is 0 Å². The Hall–Kier alpha value is -1.74. The second-order valence-corrected chi connectivity index (χ2v) is 6.23. The average Bonchev–Trinajstić information content (AvgIpc) is 2.75. The quantitative estimate of drug-likeness (QED) is 0.737. The minimum absolute atomic E-state index is 0.234. The van der Waals surface area contributed by atoms with E-state index < -0.39 is 0 Å². The fourth-order valence-corrected chi connectivity index (χ4v) is 3.51. The minimum atomic E-state index is 0.234. The number of benzene rings is 1. The van der Waals surface area contributed by atoms with E-state index in [9.17, 15) is 9.59 Å². The molecule has 0 fully saturated rings. The molecule has 0 spiro atoms. The first-order valence-electron chi connectivity index (χ1n) is 6.38. The Morgan fingerprint density at radius 1 is 0.737 bits per heavy atom. The number of carbonyl (C=O) groups excluding carboxylic acids is 2. The van der Waals surface area contributed by atoms with Crippen molar-refractivity contribution in [2.24, 2.45) is 0 Å². The molecule has 0 aliphatic carbocycles. The van der Waals surface area contributed by atoms with Crippen LogP contribution < -0.4 is 0 Å². The first-order valence-corrected chi connectivity index (χ1v) is 7.19. The highest BCUT2D eigenvalue weighted by atomic mass is 32.1. The van der Waals surface area contributed by atoms with Gasteiger partial charge in [0.2, 0.25) is 0 Å². The summed E-state index contributed by atoms with van der Waals surface area (Å²) < 4.78 is 0. The van der Waals surface area contributed by atoms with Gasteiger partial charge in [0.1, 0.15) is 11.6 Å². The van der Waals surface area contributed by atoms with E-state index >= 15 is 0 Å². The molecule has 0 radical (unpaired) electrons. The van der Waals surface area contributed by atoms with Crippen LogP contribution in [0, 0.1) is 0 Å². The SMILES string of the molecule is O=C1Cc2cccc(c2)CC(=O)Cc2ccc(s2)C1. The van der Waals surface area contributed by atoms with Crippen LogP contribution in [0.1, 0.15) is 20.9 Å². The van der Waals surface area contributed by atoms with E-state index in [4.69, 9.17) is 0 Å². The van der Waals surface area contributed by atoms with E-state index in [0.717, 1.165) is 20.9 Å². The van der Waals surface area contributed by atoms with Gasteiger partial charge >= 0.3 is 0 Å². The van der Waals surface area contributed by atoms with Gasteiger partial charge in [-0.25, -0.2) is 0 Å². The van der Waals surface area contributed by atoms with Gasteiger partial charge in [0.15, 0.2) is 0 Å². The summed E-state index contributed by atoms with van der Waals surface area (Å²) in [5, 5.41) is 0. The van der Waals surface area contributed by atoms with Crippen molar-refractivity contribution in [3.05, 3.63) is 57.3 Å². The van der Waals surface area contributed by atoms with Gasteiger partial charge < -0.3 is 0 Å². The number of rotatable bonds is 0. The van der Waals surface area contributed by atoms with E-state index in [0.29, 0.717) is 25.7 Å². The predicted octanol–water partition coefficient (Wildman–Crippen LogP) is 2.77. The molecule has 0 amide bonds. The second-order valence-electron chi connectivity index (χ2n) is 4.97. The van der Waals surface area contributed by atoms with Crippen molar-refractivity contribution in [3.8, 4) is 0 Å². The number of ketones is 2. The maximum absolute atomic E-state index is 12.0.